The first-order chi connectivity index (χ1) is 7.10. The number of anilines is 2. The van der Waals surface area contributed by atoms with Crippen LogP contribution in [0.5, 0.6) is 0 Å². The number of nitrogens with two attached hydrogens (primary N) is 1. The molecule has 0 radical (unpaired) electrons. The first-order valence-corrected chi connectivity index (χ1v) is 5.53. The fourth-order valence-corrected chi connectivity index (χ4v) is 1.98. The average Bonchev–Trinajstić information content (AvgIpc) is 2.21. The fourth-order valence-electron chi connectivity index (χ4n) is 1.98. The molecule has 1 aromatic heterocycles. The van der Waals surface area contributed by atoms with E-state index < -0.39 is 0 Å². The monoisotopic (exact) mass is 207 g/mol. The van der Waals surface area contributed by atoms with Crippen LogP contribution in [0.4, 0.5) is 11.5 Å². The highest BCUT2D eigenvalue weighted by molar-refractivity contribution is 5.52. The molecule has 1 heterocycles. The van der Waals surface area contributed by atoms with E-state index in [0.29, 0.717) is 17.7 Å². The van der Waals surface area contributed by atoms with E-state index in [4.69, 9.17) is 5.73 Å². The summed E-state index contributed by atoms with van der Waals surface area (Å²) in [7, 11) is 1.90. The van der Waals surface area contributed by atoms with E-state index in [1.807, 2.05) is 7.05 Å². The Morgan fingerprint density at radius 2 is 2.13 bits per heavy atom. The third-order valence-electron chi connectivity index (χ3n) is 2.88. The van der Waals surface area contributed by atoms with Crippen LogP contribution in [-0.4, -0.2) is 12.0 Å². The van der Waals surface area contributed by atoms with Crippen LogP contribution in [0.25, 0.3) is 0 Å². The van der Waals surface area contributed by atoms with Crippen molar-refractivity contribution in [2.45, 2.75) is 33.1 Å². The maximum Gasteiger partial charge on any atom is 0.126 e. The van der Waals surface area contributed by atoms with Crippen molar-refractivity contribution >= 4 is 11.5 Å². The minimum atomic E-state index is 0.491. The molecule has 0 saturated carbocycles. The smallest absolute Gasteiger partial charge is 0.126 e. The van der Waals surface area contributed by atoms with Crippen LogP contribution < -0.4 is 11.1 Å². The van der Waals surface area contributed by atoms with Gasteiger partial charge in [-0.2, -0.15) is 0 Å². The third kappa shape index (κ3) is 2.61. The van der Waals surface area contributed by atoms with Crippen LogP contribution >= 0.6 is 0 Å². The van der Waals surface area contributed by atoms with Gasteiger partial charge in [0.25, 0.3) is 0 Å². The Kier molecular flexibility index (Phi) is 3.95. The standard InChI is InChI=1S/C12H21N3/c1-5-10(8(2)3)11-6-9(14-4)7-15-12(11)13/h6-8,10,14H,5H2,1-4H3,(H2,13,15)/t10-/m0/s1. The summed E-state index contributed by atoms with van der Waals surface area (Å²) >= 11 is 0. The molecule has 15 heavy (non-hydrogen) atoms. The lowest BCUT2D eigenvalue weighted by Crippen LogP contribution is -2.10. The molecule has 3 heteroatoms. The largest absolute Gasteiger partial charge is 0.387 e. The van der Waals surface area contributed by atoms with Crippen LogP contribution in [0.1, 0.15) is 38.7 Å². The summed E-state index contributed by atoms with van der Waals surface area (Å²) < 4.78 is 0. The Labute approximate surface area is 92.1 Å². The van der Waals surface area contributed by atoms with E-state index in [9.17, 15) is 0 Å². The lowest BCUT2D eigenvalue weighted by Gasteiger charge is -2.21. The number of nitrogen functional groups attached to an aromatic ring is 1. The molecule has 0 saturated heterocycles. The van der Waals surface area contributed by atoms with Crippen molar-refractivity contribution in [3.05, 3.63) is 17.8 Å². The van der Waals surface area contributed by atoms with Crippen molar-refractivity contribution in [3.63, 3.8) is 0 Å². The molecule has 0 aliphatic rings. The maximum atomic E-state index is 5.92. The van der Waals surface area contributed by atoms with E-state index >= 15 is 0 Å². The molecule has 1 atom stereocenters. The second-order valence-electron chi connectivity index (χ2n) is 4.21. The van der Waals surface area contributed by atoms with Crippen LogP contribution in [0.15, 0.2) is 12.3 Å². The highest BCUT2D eigenvalue weighted by atomic mass is 14.9. The molecular weight excluding hydrogens is 186 g/mol. The zero-order chi connectivity index (χ0) is 11.4. The highest BCUT2D eigenvalue weighted by Crippen LogP contribution is 2.32. The van der Waals surface area contributed by atoms with Crippen molar-refractivity contribution < 1.29 is 0 Å². The minimum Gasteiger partial charge on any atom is -0.387 e. The summed E-state index contributed by atoms with van der Waals surface area (Å²) in [6.45, 7) is 6.63. The summed E-state index contributed by atoms with van der Waals surface area (Å²) in [5.41, 5.74) is 8.11. The summed E-state index contributed by atoms with van der Waals surface area (Å²) in [6.07, 6.45) is 2.86. The number of pyridine rings is 1. The molecular formula is C12H21N3. The van der Waals surface area contributed by atoms with Gasteiger partial charge in [0.15, 0.2) is 0 Å². The zero-order valence-corrected chi connectivity index (χ0v) is 10.0. The molecule has 0 fully saturated rings. The van der Waals surface area contributed by atoms with E-state index in [1.54, 1.807) is 6.20 Å². The van der Waals surface area contributed by atoms with Gasteiger partial charge in [-0.15, -0.1) is 0 Å². The van der Waals surface area contributed by atoms with Gasteiger partial charge < -0.3 is 11.1 Å². The Morgan fingerprint density at radius 3 is 2.60 bits per heavy atom. The number of aromatic nitrogens is 1. The van der Waals surface area contributed by atoms with Gasteiger partial charge in [0, 0.05) is 7.05 Å². The number of hydrogen-bond acceptors (Lipinski definition) is 3. The quantitative estimate of drug-likeness (QED) is 0.798. The molecule has 3 nitrogen and oxygen atoms in total. The van der Waals surface area contributed by atoms with Gasteiger partial charge in [0.1, 0.15) is 5.82 Å². The predicted octanol–water partition coefficient (Wildman–Crippen LogP) is 2.86. The topological polar surface area (TPSA) is 50.9 Å². The number of rotatable bonds is 4. The first-order valence-electron chi connectivity index (χ1n) is 5.53. The average molecular weight is 207 g/mol. The molecule has 1 aromatic rings. The molecule has 84 valence electrons. The number of nitrogens with zero attached hydrogens (tertiary/aromatic N) is 1. The van der Waals surface area contributed by atoms with Gasteiger partial charge in [-0.3, -0.25) is 0 Å². The van der Waals surface area contributed by atoms with E-state index in [0.717, 1.165) is 12.1 Å². The van der Waals surface area contributed by atoms with Gasteiger partial charge in [-0.1, -0.05) is 20.8 Å². The summed E-state index contributed by atoms with van der Waals surface area (Å²) in [4.78, 5) is 4.22. The van der Waals surface area contributed by atoms with E-state index in [2.05, 4.69) is 37.1 Å². The molecule has 0 amide bonds. The van der Waals surface area contributed by atoms with Crippen molar-refractivity contribution in [1.29, 1.82) is 0 Å². The lowest BCUT2D eigenvalue weighted by molar-refractivity contribution is 0.485. The van der Waals surface area contributed by atoms with Gasteiger partial charge in [-0.25, -0.2) is 4.98 Å². The van der Waals surface area contributed by atoms with Crippen LogP contribution in [0.2, 0.25) is 0 Å². The normalized spacial score (nSPS) is 12.9. The van der Waals surface area contributed by atoms with Crippen LogP contribution in [0.3, 0.4) is 0 Å². The molecule has 0 unspecified atom stereocenters. The molecule has 0 bridgehead atoms. The minimum absolute atomic E-state index is 0.491. The van der Waals surface area contributed by atoms with Gasteiger partial charge in [-0.05, 0) is 29.9 Å². The van der Waals surface area contributed by atoms with Crippen molar-refractivity contribution in [2.24, 2.45) is 5.92 Å². The molecule has 1 rings (SSSR count). The van der Waals surface area contributed by atoms with Gasteiger partial charge in [0.2, 0.25) is 0 Å². The molecule has 3 N–H and O–H groups in total. The lowest BCUT2D eigenvalue weighted by atomic mass is 9.86. The first kappa shape index (κ1) is 11.8. The fraction of sp³-hybridized carbons (Fsp3) is 0.583. The van der Waals surface area contributed by atoms with Gasteiger partial charge >= 0.3 is 0 Å². The third-order valence-corrected chi connectivity index (χ3v) is 2.88. The second kappa shape index (κ2) is 5.01. The second-order valence-corrected chi connectivity index (χ2v) is 4.21. The summed E-state index contributed by atoms with van der Waals surface area (Å²) in [5, 5.41) is 3.09. The maximum absolute atomic E-state index is 5.92. The Morgan fingerprint density at radius 1 is 1.47 bits per heavy atom. The van der Waals surface area contributed by atoms with Crippen molar-refractivity contribution in [3.8, 4) is 0 Å². The highest BCUT2D eigenvalue weighted by Gasteiger charge is 2.17. The SMILES string of the molecule is CC[C@H](c1cc(NC)cnc1N)C(C)C. The van der Waals surface area contributed by atoms with Gasteiger partial charge in [0.05, 0.1) is 11.9 Å². The van der Waals surface area contributed by atoms with Crippen molar-refractivity contribution in [2.75, 3.05) is 18.1 Å². The van der Waals surface area contributed by atoms with Crippen LogP contribution in [0, 0.1) is 5.92 Å². The van der Waals surface area contributed by atoms with Crippen LogP contribution in [-0.2, 0) is 0 Å². The van der Waals surface area contributed by atoms with Crippen molar-refractivity contribution in [1.82, 2.24) is 4.98 Å². The Bertz CT molecular complexity index is 321. The Balaban J connectivity index is 3.09. The summed E-state index contributed by atoms with van der Waals surface area (Å²) in [6, 6.07) is 2.11. The molecule has 0 aromatic carbocycles. The molecule has 0 aliphatic carbocycles. The summed E-state index contributed by atoms with van der Waals surface area (Å²) in [5.74, 6) is 1.74. The van der Waals surface area contributed by atoms with E-state index in [-0.39, 0.29) is 0 Å². The molecule has 0 aliphatic heterocycles. The number of nitrogens with one attached hydrogen (secondary N) is 1. The van der Waals surface area contributed by atoms with E-state index in [1.165, 1.54) is 5.56 Å². The predicted molar refractivity (Wildman–Crippen MR) is 66.1 cm³/mol. The molecule has 0 spiro atoms. The zero-order valence-electron chi connectivity index (χ0n) is 10.0. The number of hydrogen-bond donors (Lipinski definition) is 2. The Hall–Kier alpha value is -1.25.